The number of aromatic nitrogens is 6. The fourth-order valence-electron chi connectivity index (χ4n) is 12.1. The molecule has 4 fully saturated rings. The highest BCUT2D eigenvalue weighted by Crippen LogP contribution is 2.41. The predicted molar refractivity (Wildman–Crippen MR) is 305 cm³/mol. The minimum absolute atomic E-state index is 0.0193. The van der Waals surface area contributed by atoms with Crippen molar-refractivity contribution in [2.24, 2.45) is 17.6 Å². The van der Waals surface area contributed by atoms with Gasteiger partial charge in [-0.25, -0.2) is 19.0 Å². The zero-order valence-electron chi connectivity index (χ0n) is 47.2. The van der Waals surface area contributed by atoms with Gasteiger partial charge in [0.15, 0.2) is 17.2 Å². The van der Waals surface area contributed by atoms with Gasteiger partial charge < -0.3 is 46.0 Å². The molecule has 22 nitrogen and oxygen atoms in total. The van der Waals surface area contributed by atoms with Crippen LogP contribution in [0.2, 0.25) is 0 Å². The predicted octanol–water partition coefficient (Wildman–Crippen LogP) is 6.02. The number of fused-ring (bicyclic) bond motifs is 2. The number of halogens is 4. The summed E-state index contributed by atoms with van der Waals surface area (Å²) in [6, 6.07) is 14.3. The molecule has 0 aliphatic carbocycles. The van der Waals surface area contributed by atoms with E-state index in [0.29, 0.717) is 43.8 Å². The van der Waals surface area contributed by atoms with E-state index in [4.69, 9.17) is 10.7 Å². The standard InChI is InChI=1S/C59H68F4N14O8/c1-85-52(82)33-66-48(78)32-65-49(79)35-76-45-7-5-6-42(53(45)55(71-76)59(61,62)63)43-29-46-40(28-44(43)60)30-68-77(46)51(81)13-12-50(80)74-24-14-36(15-25-74)34-72-22-16-39(17-23-72)58(84)75-26-18-38(19-27-75)37-8-10-41(11-9-37)69-57-54(56(64)83)67-31-47(70-57)73-20-3-2-4-21-73/h5-11,28-31,36,38-39H,2-4,12-27,32-35H2,1H3,(H2,64,83)(H,65,79)(H,66,78)(H,69,70). The molecule has 5 N–H and O–H groups in total. The molecular weight excluding hydrogens is 1110 g/mol. The van der Waals surface area contributed by atoms with Crippen LogP contribution < -0.4 is 26.6 Å². The molecule has 0 bridgehead atoms. The number of piperidine rings is 4. The highest BCUT2D eigenvalue weighted by atomic mass is 19.4. The number of nitrogens with two attached hydrogens (primary N) is 1. The van der Waals surface area contributed by atoms with E-state index in [9.17, 15) is 46.7 Å². The summed E-state index contributed by atoms with van der Waals surface area (Å²) in [6.45, 7) is 4.95. The average Bonchev–Trinajstić information content (AvgIpc) is 2.15. The third-order valence-electron chi connectivity index (χ3n) is 16.7. The van der Waals surface area contributed by atoms with E-state index < -0.39 is 72.3 Å². The number of amides is 5. The molecule has 7 heterocycles. The summed E-state index contributed by atoms with van der Waals surface area (Å²) in [7, 11) is 1.12. The van der Waals surface area contributed by atoms with Crippen LogP contribution in [0.15, 0.2) is 67.0 Å². The maximum absolute atomic E-state index is 15.9. The van der Waals surface area contributed by atoms with Crippen LogP contribution in [0.25, 0.3) is 32.9 Å². The van der Waals surface area contributed by atoms with Gasteiger partial charge >= 0.3 is 12.1 Å². The molecule has 3 aromatic carbocycles. The smallest absolute Gasteiger partial charge is 0.435 e. The van der Waals surface area contributed by atoms with E-state index in [1.807, 2.05) is 17.0 Å². The Morgan fingerprint density at radius 3 is 2.13 bits per heavy atom. The molecule has 6 aromatic rings. The normalized spacial score (nSPS) is 16.8. The van der Waals surface area contributed by atoms with Crippen molar-refractivity contribution in [3.05, 3.63) is 89.8 Å². The van der Waals surface area contributed by atoms with Crippen molar-refractivity contribution in [3.63, 3.8) is 0 Å². The monoisotopic (exact) mass is 1180 g/mol. The SMILES string of the molecule is COC(=O)CNC(=O)CNC(=O)Cn1nc(C(F)(F)F)c2c(-c3cc4c(cnn4C(=O)CCC(=O)N4CCC(CN5CCC(C(=O)N6CCC(c7ccc(Nc8nc(N9CCCCC9)cnc8C(N)=O)cc7)CC6)CC5)CC4)cc3F)cccc21. The number of likely N-dealkylation sites (tertiary alicyclic amines) is 3. The summed E-state index contributed by atoms with van der Waals surface area (Å²) in [5, 5.41) is 15.3. The molecule has 4 aliphatic rings. The van der Waals surface area contributed by atoms with Crippen LogP contribution in [0.1, 0.15) is 103 Å². The Morgan fingerprint density at radius 2 is 1.44 bits per heavy atom. The number of carbonyl (C=O) groups is 7. The van der Waals surface area contributed by atoms with Crippen molar-refractivity contribution in [2.75, 3.05) is 89.3 Å². The lowest BCUT2D eigenvalue weighted by Crippen LogP contribution is -2.47. The first-order valence-corrected chi connectivity index (χ1v) is 28.9. The zero-order chi connectivity index (χ0) is 59.9. The number of hydrogen-bond donors (Lipinski definition) is 4. The molecular formula is C59H68F4N14O8. The highest BCUT2D eigenvalue weighted by molar-refractivity contribution is 6.01. The molecule has 450 valence electrons. The van der Waals surface area contributed by atoms with E-state index in [0.717, 1.165) is 118 Å². The zero-order valence-corrected chi connectivity index (χ0v) is 47.2. The number of ether oxygens (including phenoxy) is 1. The number of rotatable bonds is 18. The van der Waals surface area contributed by atoms with Crippen LogP contribution in [-0.2, 0) is 41.4 Å². The van der Waals surface area contributed by atoms with Gasteiger partial charge in [-0.3, -0.25) is 38.2 Å². The largest absolute Gasteiger partial charge is 0.468 e. The van der Waals surface area contributed by atoms with Crippen LogP contribution in [0.5, 0.6) is 0 Å². The van der Waals surface area contributed by atoms with Gasteiger partial charge in [0.05, 0.1) is 37.1 Å². The van der Waals surface area contributed by atoms with Crippen LogP contribution in [0.4, 0.5) is 34.9 Å². The van der Waals surface area contributed by atoms with Gasteiger partial charge in [0.2, 0.25) is 29.5 Å². The number of carbonyl (C=O) groups excluding carboxylic acids is 7. The first-order valence-electron chi connectivity index (χ1n) is 28.9. The van der Waals surface area contributed by atoms with E-state index in [1.165, 1.54) is 42.4 Å². The van der Waals surface area contributed by atoms with Gasteiger partial charge in [-0.15, -0.1) is 0 Å². The first-order chi connectivity index (χ1) is 40.9. The third kappa shape index (κ3) is 14.0. The summed E-state index contributed by atoms with van der Waals surface area (Å²) in [6.07, 6.45) is 5.71. The van der Waals surface area contributed by atoms with Crippen LogP contribution >= 0.6 is 0 Å². The summed E-state index contributed by atoms with van der Waals surface area (Å²) in [5.74, 6) is -2.77. The Hall–Kier alpha value is -8.55. The topological polar surface area (TPSA) is 265 Å². The van der Waals surface area contributed by atoms with Crippen molar-refractivity contribution in [3.8, 4) is 11.1 Å². The third-order valence-corrected chi connectivity index (χ3v) is 16.7. The Bertz CT molecular complexity index is 3470. The lowest BCUT2D eigenvalue weighted by molar-refractivity contribution is -0.141. The molecule has 0 atom stereocenters. The minimum atomic E-state index is -5.05. The van der Waals surface area contributed by atoms with Crippen LogP contribution in [-0.4, -0.2) is 165 Å². The maximum atomic E-state index is 15.9. The molecule has 5 amide bonds. The Balaban J connectivity index is 0.666. The summed E-state index contributed by atoms with van der Waals surface area (Å²) in [5.41, 5.74) is 5.73. The van der Waals surface area contributed by atoms with Crippen molar-refractivity contribution >= 4 is 80.5 Å². The second-order valence-corrected chi connectivity index (χ2v) is 22.3. The Kier molecular flexibility index (Phi) is 18.3. The summed E-state index contributed by atoms with van der Waals surface area (Å²) in [4.78, 5) is 107. The van der Waals surface area contributed by atoms with Crippen molar-refractivity contribution < 1.29 is 55.9 Å². The Labute approximate surface area is 486 Å². The van der Waals surface area contributed by atoms with E-state index in [1.54, 1.807) is 11.1 Å². The van der Waals surface area contributed by atoms with Crippen LogP contribution in [0, 0.1) is 17.7 Å². The van der Waals surface area contributed by atoms with E-state index in [2.05, 4.69) is 57.8 Å². The van der Waals surface area contributed by atoms with Gasteiger partial charge in [-0.05, 0) is 124 Å². The van der Waals surface area contributed by atoms with Crippen molar-refractivity contribution in [1.29, 1.82) is 0 Å². The molecule has 85 heavy (non-hydrogen) atoms. The lowest BCUT2D eigenvalue weighted by atomic mass is 9.87. The number of alkyl halides is 3. The summed E-state index contributed by atoms with van der Waals surface area (Å²) >= 11 is 0. The number of hydrogen-bond acceptors (Lipinski definition) is 15. The number of nitrogens with one attached hydrogen (secondary N) is 3. The fraction of sp³-hybridized carbons (Fsp3) is 0.475. The molecule has 26 heteroatoms. The molecule has 0 unspecified atom stereocenters. The molecule has 0 radical (unpaired) electrons. The van der Waals surface area contributed by atoms with Gasteiger partial charge in [0, 0.05) is 86.6 Å². The van der Waals surface area contributed by atoms with Gasteiger partial charge in [0.25, 0.3) is 5.91 Å². The van der Waals surface area contributed by atoms with Crippen molar-refractivity contribution in [1.82, 2.24) is 54.9 Å². The molecule has 3 aromatic heterocycles. The lowest BCUT2D eigenvalue weighted by Gasteiger charge is -2.39. The molecule has 0 saturated carbocycles. The van der Waals surface area contributed by atoms with E-state index >= 15 is 4.39 Å². The minimum Gasteiger partial charge on any atom is -0.468 e. The highest BCUT2D eigenvalue weighted by Gasteiger charge is 2.39. The molecule has 4 aliphatic heterocycles. The molecule has 4 saturated heterocycles. The van der Waals surface area contributed by atoms with Gasteiger partial charge in [-0.2, -0.15) is 23.4 Å². The number of esters is 1. The summed E-state index contributed by atoms with van der Waals surface area (Å²) < 4.78 is 66.0. The average molecular weight is 1180 g/mol. The fourth-order valence-corrected chi connectivity index (χ4v) is 12.1. The second kappa shape index (κ2) is 26.2. The molecule has 10 rings (SSSR count). The quantitative estimate of drug-likeness (QED) is 0.0567. The maximum Gasteiger partial charge on any atom is 0.435 e. The number of primary amides is 1. The second-order valence-electron chi connectivity index (χ2n) is 22.3. The van der Waals surface area contributed by atoms with Gasteiger partial charge in [0.1, 0.15) is 24.7 Å². The Morgan fingerprint density at radius 1 is 0.741 bits per heavy atom. The number of anilines is 3. The number of methoxy groups -OCH3 is 1. The number of benzene rings is 3. The van der Waals surface area contributed by atoms with Crippen LogP contribution in [0.3, 0.4) is 0 Å². The van der Waals surface area contributed by atoms with E-state index in [-0.39, 0.29) is 63.8 Å². The molecule has 0 spiro atoms. The van der Waals surface area contributed by atoms with Crippen molar-refractivity contribution in [2.45, 2.75) is 89.3 Å². The first kappa shape index (κ1) is 59.6. The number of nitrogens with zero attached hydrogens (tertiary/aromatic N) is 10. The van der Waals surface area contributed by atoms with Gasteiger partial charge in [-0.1, -0.05) is 24.3 Å².